The Hall–Kier alpha value is -1.72. The van der Waals surface area contributed by atoms with Gasteiger partial charge in [0.05, 0.1) is 18.0 Å². The number of aryl methyl sites for hydroxylation is 1. The summed E-state index contributed by atoms with van der Waals surface area (Å²) in [6, 6.07) is 7.51. The zero-order chi connectivity index (χ0) is 13.8. The smallest absolute Gasteiger partial charge is 0.145 e. The molecule has 1 aromatic carbocycles. The van der Waals surface area contributed by atoms with Crippen LogP contribution in [-0.4, -0.2) is 21.4 Å². The molecule has 0 saturated carbocycles. The average Bonchev–Trinajstić information content (AvgIpc) is 2.42. The molecule has 0 radical (unpaired) electrons. The van der Waals surface area contributed by atoms with Gasteiger partial charge in [0.25, 0.3) is 0 Å². The minimum Gasteiger partial charge on any atom is -0.505 e. The first-order chi connectivity index (χ1) is 9.13. The highest BCUT2D eigenvalue weighted by molar-refractivity contribution is 9.10. The minimum absolute atomic E-state index is 0.0438. The van der Waals surface area contributed by atoms with Crippen molar-refractivity contribution in [3.05, 3.63) is 51.8 Å². The molecule has 2 N–H and O–H groups in total. The topological polar surface area (TPSA) is 65.7 Å². The SMILES string of the molecule is Cc1ncc(CO)c(C=Nc2ccccc2Br)c1O. The molecule has 0 bridgehead atoms. The molecule has 98 valence electrons. The summed E-state index contributed by atoms with van der Waals surface area (Å²) in [7, 11) is 0. The lowest BCUT2D eigenvalue weighted by Gasteiger charge is -2.07. The molecule has 0 saturated heterocycles. The van der Waals surface area contributed by atoms with E-state index in [1.807, 2.05) is 24.3 Å². The molecular weight excluding hydrogens is 308 g/mol. The Morgan fingerprint density at radius 3 is 2.79 bits per heavy atom. The molecule has 0 aliphatic carbocycles. The third kappa shape index (κ3) is 3.00. The highest BCUT2D eigenvalue weighted by Gasteiger charge is 2.09. The summed E-state index contributed by atoms with van der Waals surface area (Å²) in [5.41, 5.74) is 2.29. The molecular formula is C14H13BrN2O2. The van der Waals surface area contributed by atoms with Crippen molar-refractivity contribution in [2.24, 2.45) is 4.99 Å². The summed E-state index contributed by atoms with van der Waals surface area (Å²) in [4.78, 5) is 8.32. The van der Waals surface area contributed by atoms with E-state index in [9.17, 15) is 10.2 Å². The second-order valence-corrected chi connectivity index (χ2v) is 4.85. The van der Waals surface area contributed by atoms with Crippen molar-refractivity contribution in [2.45, 2.75) is 13.5 Å². The number of hydrogen-bond donors (Lipinski definition) is 2. The number of nitrogens with zero attached hydrogens (tertiary/aromatic N) is 2. The molecule has 5 heteroatoms. The van der Waals surface area contributed by atoms with Crippen molar-refractivity contribution in [3.8, 4) is 5.75 Å². The Labute approximate surface area is 119 Å². The van der Waals surface area contributed by atoms with Crippen LogP contribution < -0.4 is 0 Å². The van der Waals surface area contributed by atoms with Crippen molar-refractivity contribution < 1.29 is 10.2 Å². The van der Waals surface area contributed by atoms with Gasteiger partial charge in [-0.05, 0) is 35.0 Å². The molecule has 0 aliphatic rings. The minimum atomic E-state index is -0.196. The van der Waals surface area contributed by atoms with E-state index in [-0.39, 0.29) is 12.4 Å². The molecule has 0 amide bonds. The molecule has 0 unspecified atom stereocenters. The number of aliphatic hydroxyl groups is 1. The van der Waals surface area contributed by atoms with Gasteiger partial charge in [0, 0.05) is 28.0 Å². The summed E-state index contributed by atoms with van der Waals surface area (Å²) in [5, 5.41) is 19.2. The lowest BCUT2D eigenvalue weighted by Crippen LogP contribution is -1.97. The van der Waals surface area contributed by atoms with Crippen LogP contribution in [0.15, 0.2) is 39.9 Å². The maximum absolute atomic E-state index is 9.98. The fourth-order valence-electron chi connectivity index (χ4n) is 1.61. The standard InChI is InChI=1S/C14H13BrN2O2/c1-9-14(19)11(10(8-18)6-16-9)7-17-13-5-3-2-4-12(13)15/h2-7,18-19H,8H2,1H3. The first-order valence-corrected chi connectivity index (χ1v) is 6.49. The van der Waals surface area contributed by atoms with E-state index in [1.165, 1.54) is 12.4 Å². The van der Waals surface area contributed by atoms with Gasteiger partial charge in [-0.2, -0.15) is 0 Å². The van der Waals surface area contributed by atoms with Crippen LogP contribution in [0.4, 0.5) is 5.69 Å². The van der Waals surface area contributed by atoms with E-state index in [1.54, 1.807) is 6.92 Å². The monoisotopic (exact) mass is 320 g/mol. The molecule has 1 heterocycles. The van der Waals surface area contributed by atoms with Gasteiger partial charge in [-0.3, -0.25) is 9.98 Å². The van der Waals surface area contributed by atoms with Crippen LogP contribution >= 0.6 is 15.9 Å². The van der Waals surface area contributed by atoms with Crippen molar-refractivity contribution in [2.75, 3.05) is 0 Å². The summed E-state index contributed by atoms with van der Waals surface area (Å²) in [6.07, 6.45) is 3.08. The fraction of sp³-hybridized carbons (Fsp3) is 0.143. The lowest BCUT2D eigenvalue weighted by molar-refractivity contribution is 0.280. The predicted octanol–water partition coefficient (Wildman–Crippen LogP) is 3.10. The van der Waals surface area contributed by atoms with Gasteiger partial charge in [0.15, 0.2) is 0 Å². The van der Waals surface area contributed by atoms with Gasteiger partial charge in [0.2, 0.25) is 0 Å². The number of hydrogen-bond acceptors (Lipinski definition) is 4. The number of para-hydroxylation sites is 1. The van der Waals surface area contributed by atoms with Crippen molar-refractivity contribution in [3.63, 3.8) is 0 Å². The van der Waals surface area contributed by atoms with E-state index >= 15 is 0 Å². The Balaban J connectivity index is 2.44. The highest BCUT2D eigenvalue weighted by atomic mass is 79.9. The van der Waals surface area contributed by atoms with Crippen LogP contribution in [0.3, 0.4) is 0 Å². The fourth-order valence-corrected chi connectivity index (χ4v) is 2.00. The first kappa shape index (κ1) is 13.7. The zero-order valence-corrected chi connectivity index (χ0v) is 11.9. The van der Waals surface area contributed by atoms with E-state index in [2.05, 4.69) is 25.9 Å². The predicted molar refractivity (Wildman–Crippen MR) is 78.0 cm³/mol. The largest absolute Gasteiger partial charge is 0.505 e. The number of rotatable bonds is 3. The Kier molecular flexibility index (Phi) is 4.29. The maximum Gasteiger partial charge on any atom is 0.145 e. The highest BCUT2D eigenvalue weighted by Crippen LogP contribution is 2.26. The molecule has 0 atom stereocenters. The number of aliphatic imine (C=N–C) groups is 1. The Morgan fingerprint density at radius 2 is 2.11 bits per heavy atom. The summed E-state index contributed by atoms with van der Waals surface area (Å²) < 4.78 is 0.863. The zero-order valence-electron chi connectivity index (χ0n) is 10.3. The van der Waals surface area contributed by atoms with Crippen LogP contribution in [0, 0.1) is 6.92 Å². The van der Waals surface area contributed by atoms with Gasteiger partial charge in [-0.15, -0.1) is 0 Å². The van der Waals surface area contributed by atoms with Crippen LogP contribution in [0.1, 0.15) is 16.8 Å². The third-order valence-electron chi connectivity index (χ3n) is 2.71. The number of benzene rings is 1. The summed E-state index contributed by atoms with van der Waals surface area (Å²) in [5.74, 6) is 0.0438. The van der Waals surface area contributed by atoms with E-state index in [4.69, 9.17) is 0 Å². The average molecular weight is 321 g/mol. The maximum atomic E-state index is 9.98. The number of aromatic nitrogens is 1. The van der Waals surface area contributed by atoms with Crippen molar-refractivity contribution in [1.29, 1.82) is 0 Å². The molecule has 4 nitrogen and oxygen atoms in total. The molecule has 1 aromatic heterocycles. The van der Waals surface area contributed by atoms with Crippen LogP contribution in [-0.2, 0) is 6.61 Å². The second kappa shape index (κ2) is 5.95. The molecule has 0 aliphatic heterocycles. The van der Waals surface area contributed by atoms with E-state index < -0.39 is 0 Å². The van der Waals surface area contributed by atoms with Gasteiger partial charge in [-0.25, -0.2) is 0 Å². The molecule has 19 heavy (non-hydrogen) atoms. The number of pyridine rings is 1. The molecule has 2 aromatic rings. The first-order valence-electron chi connectivity index (χ1n) is 5.70. The Bertz CT molecular complexity index is 627. The van der Waals surface area contributed by atoms with E-state index in [0.717, 1.165) is 10.2 Å². The summed E-state index contributed by atoms with van der Waals surface area (Å²) in [6.45, 7) is 1.50. The lowest BCUT2D eigenvalue weighted by atomic mass is 10.1. The summed E-state index contributed by atoms with van der Waals surface area (Å²) >= 11 is 3.40. The third-order valence-corrected chi connectivity index (χ3v) is 3.38. The molecule has 0 fully saturated rings. The van der Waals surface area contributed by atoms with Crippen LogP contribution in [0.25, 0.3) is 0 Å². The quantitative estimate of drug-likeness (QED) is 0.854. The van der Waals surface area contributed by atoms with Gasteiger partial charge >= 0.3 is 0 Å². The number of aromatic hydroxyl groups is 1. The van der Waals surface area contributed by atoms with Gasteiger partial charge < -0.3 is 10.2 Å². The second-order valence-electron chi connectivity index (χ2n) is 4.00. The number of halogens is 1. The van der Waals surface area contributed by atoms with Crippen molar-refractivity contribution >= 4 is 27.8 Å². The van der Waals surface area contributed by atoms with Gasteiger partial charge in [-0.1, -0.05) is 12.1 Å². The van der Waals surface area contributed by atoms with Crippen molar-refractivity contribution in [1.82, 2.24) is 4.98 Å². The Morgan fingerprint density at radius 1 is 1.37 bits per heavy atom. The normalized spacial score (nSPS) is 11.1. The van der Waals surface area contributed by atoms with E-state index in [0.29, 0.717) is 16.8 Å². The van der Waals surface area contributed by atoms with Crippen LogP contribution in [0.5, 0.6) is 5.75 Å². The number of aliphatic hydroxyl groups excluding tert-OH is 1. The van der Waals surface area contributed by atoms with Crippen LogP contribution in [0.2, 0.25) is 0 Å². The van der Waals surface area contributed by atoms with Gasteiger partial charge in [0.1, 0.15) is 5.75 Å². The molecule has 2 rings (SSSR count). The molecule has 0 spiro atoms.